The Morgan fingerprint density at radius 1 is 1.30 bits per heavy atom. The third-order valence-corrected chi connectivity index (χ3v) is 9.85. The quantitative estimate of drug-likeness (QED) is 0.498. The molecule has 4 rings (SSSR count). The molecule has 1 aromatic carbocycles. The van der Waals surface area contributed by atoms with Crippen LogP contribution in [0.5, 0.6) is 5.75 Å². The molecule has 11 heteroatoms. The van der Waals surface area contributed by atoms with Crippen LogP contribution in [0.25, 0.3) is 0 Å². The summed E-state index contributed by atoms with van der Waals surface area (Å²) in [6.07, 6.45) is 5.20. The molecule has 1 aliphatic carbocycles. The van der Waals surface area contributed by atoms with Gasteiger partial charge in [-0.05, 0) is 57.7 Å². The van der Waals surface area contributed by atoms with Crippen molar-refractivity contribution in [3.63, 3.8) is 0 Å². The number of aryl methyl sites for hydroxylation is 2. The number of benzene rings is 1. The average Bonchev–Trinajstić information content (AvgIpc) is 3.55. The van der Waals surface area contributed by atoms with Gasteiger partial charge < -0.3 is 24.6 Å². The Hall–Kier alpha value is -3.07. The highest BCUT2D eigenvalue weighted by molar-refractivity contribution is 7.89. The minimum atomic E-state index is -3.96. The summed E-state index contributed by atoms with van der Waals surface area (Å²) in [5.74, 6) is 7.46. The number of hydrogen-bond donors (Lipinski definition) is 2. The topological polar surface area (TPSA) is 125 Å². The normalized spacial score (nSPS) is 21.8. The molecular weight excluding hydrogens is 532 g/mol. The van der Waals surface area contributed by atoms with Crippen LogP contribution in [0.3, 0.4) is 0 Å². The largest absolute Gasteiger partial charge is 0.487 e. The molecule has 0 bridgehead atoms. The van der Waals surface area contributed by atoms with E-state index in [2.05, 4.69) is 22.3 Å². The van der Waals surface area contributed by atoms with Crippen LogP contribution in [-0.2, 0) is 10.0 Å². The van der Waals surface area contributed by atoms with Crippen molar-refractivity contribution < 1.29 is 27.6 Å². The van der Waals surface area contributed by atoms with Gasteiger partial charge in [0.15, 0.2) is 5.76 Å². The first-order valence-electron chi connectivity index (χ1n) is 13.9. The van der Waals surface area contributed by atoms with Gasteiger partial charge in [0, 0.05) is 37.5 Å². The highest BCUT2D eigenvalue weighted by Crippen LogP contribution is 2.34. The predicted octanol–water partition coefficient (Wildman–Crippen LogP) is 4.16. The lowest BCUT2D eigenvalue weighted by molar-refractivity contribution is 0.0830. The van der Waals surface area contributed by atoms with E-state index in [1.165, 1.54) is 41.0 Å². The summed E-state index contributed by atoms with van der Waals surface area (Å²) in [6.45, 7) is 7.01. The van der Waals surface area contributed by atoms with E-state index in [-0.39, 0.29) is 42.3 Å². The molecule has 218 valence electrons. The Morgan fingerprint density at radius 3 is 2.67 bits per heavy atom. The van der Waals surface area contributed by atoms with Crippen LogP contribution in [-0.4, -0.2) is 72.8 Å². The Labute approximate surface area is 237 Å². The third-order valence-electron chi connectivity index (χ3n) is 7.83. The molecule has 3 atom stereocenters. The number of nitrogens with one attached hydrogen (secondary N) is 1. The van der Waals surface area contributed by atoms with Gasteiger partial charge in [0.2, 0.25) is 10.0 Å². The summed E-state index contributed by atoms with van der Waals surface area (Å²) in [6, 6.07) is 3.90. The number of fused-ring (bicyclic) bond motifs is 1. The zero-order chi connectivity index (χ0) is 29.0. The summed E-state index contributed by atoms with van der Waals surface area (Å²) < 4.78 is 40.3. The number of nitrogens with zero attached hydrogens (tertiary/aromatic N) is 3. The highest BCUT2D eigenvalue weighted by Gasteiger charge is 2.38. The maximum absolute atomic E-state index is 13.7. The van der Waals surface area contributed by atoms with Crippen molar-refractivity contribution in [2.75, 3.05) is 32.1 Å². The number of rotatable bonds is 6. The maximum atomic E-state index is 13.7. The Balaban J connectivity index is 1.62. The van der Waals surface area contributed by atoms with E-state index < -0.39 is 22.2 Å². The lowest BCUT2D eigenvalue weighted by atomic mass is 10.0. The Kier molecular flexibility index (Phi) is 9.44. The average molecular weight is 573 g/mol. The summed E-state index contributed by atoms with van der Waals surface area (Å²) >= 11 is 0. The molecule has 10 nitrogen and oxygen atoms in total. The van der Waals surface area contributed by atoms with Crippen molar-refractivity contribution >= 4 is 21.7 Å². The van der Waals surface area contributed by atoms with E-state index in [9.17, 15) is 18.3 Å². The molecule has 2 amide bonds. The van der Waals surface area contributed by atoms with Gasteiger partial charge in [-0.1, -0.05) is 36.8 Å². The van der Waals surface area contributed by atoms with E-state index in [0.717, 1.165) is 6.42 Å². The molecular formula is C29H40N4O6S. The van der Waals surface area contributed by atoms with E-state index >= 15 is 0 Å². The predicted molar refractivity (Wildman–Crippen MR) is 152 cm³/mol. The number of amides is 2. The van der Waals surface area contributed by atoms with Crippen molar-refractivity contribution in [3.8, 4) is 17.6 Å². The SMILES string of the molecule is Cc1noc(C)c1NC(=O)N(C)C[C@H]1Oc2cc(C#CCC3CCCC3)ccc2S(=O)(=O)N([C@H](C)CO)C[C@H]1C. The van der Waals surface area contributed by atoms with Gasteiger partial charge in [0.25, 0.3) is 0 Å². The summed E-state index contributed by atoms with van der Waals surface area (Å²) in [7, 11) is -2.31. The van der Waals surface area contributed by atoms with Crippen LogP contribution in [0.4, 0.5) is 10.5 Å². The first-order valence-corrected chi connectivity index (χ1v) is 15.3. The summed E-state index contributed by atoms with van der Waals surface area (Å²) in [4.78, 5) is 14.5. The molecule has 2 heterocycles. The van der Waals surface area contributed by atoms with Gasteiger partial charge >= 0.3 is 6.03 Å². The number of aromatic nitrogens is 1. The maximum Gasteiger partial charge on any atom is 0.321 e. The molecule has 0 saturated heterocycles. The van der Waals surface area contributed by atoms with Gasteiger partial charge in [-0.15, -0.1) is 0 Å². The van der Waals surface area contributed by atoms with Gasteiger partial charge in [-0.3, -0.25) is 0 Å². The van der Waals surface area contributed by atoms with Crippen LogP contribution in [0.15, 0.2) is 27.6 Å². The van der Waals surface area contributed by atoms with Gasteiger partial charge in [-0.2, -0.15) is 4.31 Å². The van der Waals surface area contributed by atoms with Crippen molar-refractivity contribution in [2.24, 2.45) is 11.8 Å². The zero-order valence-electron chi connectivity index (χ0n) is 23.9. The minimum absolute atomic E-state index is 0.0221. The molecule has 2 aliphatic rings. The monoisotopic (exact) mass is 572 g/mol. The lowest BCUT2D eigenvalue weighted by Gasteiger charge is -2.37. The first kappa shape index (κ1) is 29.9. The number of carbonyl (C=O) groups is 1. The fourth-order valence-electron chi connectivity index (χ4n) is 5.25. The number of hydrogen-bond acceptors (Lipinski definition) is 7. The fourth-order valence-corrected chi connectivity index (χ4v) is 7.08. The lowest BCUT2D eigenvalue weighted by Crippen LogP contribution is -2.50. The molecule has 0 unspecified atom stereocenters. The number of carbonyl (C=O) groups excluding carboxylic acids is 1. The van der Waals surface area contributed by atoms with Gasteiger partial charge in [0.05, 0.1) is 13.2 Å². The highest BCUT2D eigenvalue weighted by atomic mass is 32.2. The second-order valence-electron chi connectivity index (χ2n) is 11.1. The van der Waals surface area contributed by atoms with Crippen LogP contribution >= 0.6 is 0 Å². The number of aliphatic hydroxyl groups is 1. The Bertz CT molecular complexity index is 1350. The number of ether oxygens (including phenoxy) is 1. The molecule has 2 aromatic rings. The van der Waals surface area contributed by atoms with Gasteiger partial charge in [-0.25, -0.2) is 13.2 Å². The fraction of sp³-hybridized carbons (Fsp3) is 0.586. The van der Waals surface area contributed by atoms with Gasteiger partial charge in [0.1, 0.15) is 28.1 Å². The zero-order valence-corrected chi connectivity index (χ0v) is 24.8. The second-order valence-corrected chi connectivity index (χ2v) is 12.9. The molecule has 1 aliphatic heterocycles. The third kappa shape index (κ3) is 6.62. The molecule has 2 N–H and O–H groups in total. The molecule has 0 spiro atoms. The van der Waals surface area contributed by atoms with E-state index in [1.54, 1.807) is 40.0 Å². The van der Waals surface area contributed by atoms with E-state index in [1.807, 2.05) is 6.92 Å². The van der Waals surface area contributed by atoms with Crippen LogP contribution in [0.1, 0.15) is 63.0 Å². The van der Waals surface area contributed by atoms with Crippen LogP contribution in [0.2, 0.25) is 0 Å². The Morgan fingerprint density at radius 2 is 2.02 bits per heavy atom. The molecule has 1 aromatic heterocycles. The molecule has 1 fully saturated rings. The van der Waals surface area contributed by atoms with Crippen LogP contribution < -0.4 is 10.1 Å². The summed E-state index contributed by atoms with van der Waals surface area (Å²) in [5.41, 5.74) is 1.76. The number of urea groups is 1. The first-order chi connectivity index (χ1) is 19.0. The minimum Gasteiger partial charge on any atom is -0.487 e. The van der Waals surface area contributed by atoms with E-state index in [0.29, 0.717) is 28.6 Å². The molecule has 1 saturated carbocycles. The van der Waals surface area contributed by atoms with E-state index in [4.69, 9.17) is 9.26 Å². The molecule has 0 radical (unpaired) electrons. The number of sulfonamides is 1. The molecule has 40 heavy (non-hydrogen) atoms. The number of anilines is 1. The number of likely N-dealkylation sites (N-methyl/N-ethyl adjacent to an activating group) is 1. The number of aliphatic hydroxyl groups excluding tert-OH is 1. The van der Waals surface area contributed by atoms with Crippen molar-refractivity contribution in [2.45, 2.75) is 76.8 Å². The van der Waals surface area contributed by atoms with Crippen molar-refractivity contribution in [1.29, 1.82) is 0 Å². The standard InChI is InChI=1S/C29H40N4O6S/c1-19-16-33(20(2)18-34)40(36,37)27-14-13-24(12-8-11-23-9-6-7-10-23)15-25(27)38-26(19)17-32(5)29(35)30-28-21(3)31-39-22(28)4/h13-15,19-20,23,26,34H,6-7,9-11,16-18H2,1-5H3,(H,30,35)/t19-,20-,26-/m1/s1. The van der Waals surface area contributed by atoms with Crippen molar-refractivity contribution in [3.05, 3.63) is 35.2 Å². The van der Waals surface area contributed by atoms with Crippen LogP contribution in [0, 0.1) is 37.5 Å². The van der Waals surface area contributed by atoms with Crippen molar-refractivity contribution in [1.82, 2.24) is 14.4 Å². The summed E-state index contributed by atoms with van der Waals surface area (Å²) in [5, 5.41) is 16.6. The smallest absolute Gasteiger partial charge is 0.321 e. The second kappa shape index (κ2) is 12.6.